The topological polar surface area (TPSA) is 51.3 Å². The molecule has 1 aromatic rings. The van der Waals surface area contributed by atoms with Crippen LogP contribution in [0.25, 0.3) is 0 Å². The maximum absolute atomic E-state index is 12.7. The minimum Gasteiger partial charge on any atom is -0.337 e. The predicted molar refractivity (Wildman–Crippen MR) is 78.1 cm³/mol. The second kappa shape index (κ2) is 5.33. The Hall–Kier alpha value is -1.14. The summed E-state index contributed by atoms with van der Waals surface area (Å²) in [7, 11) is 0. The molecule has 0 atom stereocenters. The lowest BCUT2D eigenvalue weighted by Gasteiger charge is -2.26. The average Bonchev–Trinajstić information content (AvgIpc) is 3.24. The summed E-state index contributed by atoms with van der Waals surface area (Å²) >= 11 is 3.53. The molecule has 3 rings (SSSR count). The molecule has 20 heavy (non-hydrogen) atoms. The van der Waals surface area contributed by atoms with Crippen LogP contribution in [-0.2, 0) is 13.0 Å². The van der Waals surface area contributed by atoms with E-state index in [4.69, 9.17) is 5.73 Å². The van der Waals surface area contributed by atoms with E-state index in [-0.39, 0.29) is 12.5 Å². The van der Waals surface area contributed by atoms with E-state index in [0.29, 0.717) is 24.5 Å². The molecule has 2 N–H and O–H groups in total. The number of amides is 1. The van der Waals surface area contributed by atoms with Gasteiger partial charge in [-0.15, -0.1) is 0 Å². The molecule has 0 aromatic carbocycles. The molecule has 0 radical (unpaired) electrons. The Labute approximate surface area is 125 Å². The zero-order valence-corrected chi connectivity index (χ0v) is 12.7. The highest BCUT2D eigenvalue weighted by molar-refractivity contribution is 9.10. The van der Waals surface area contributed by atoms with Gasteiger partial charge < -0.3 is 15.2 Å². The van der Waals surface area contributed by atoms with Crippen LogP contribution in [0, 0.1) is 0 Å². The van der Waals surface area contributed by atoms with Crippen molar-refractivity contribution in [2.24, 2.45) is 5.73 Å². The van der Waals surface area contributed by atoms with E-state index >= 15 is 0 Å². The number of nitrogens with zero attached hydrogens (tertiary/aromatic N) is 2. The highest BCUT2D eigenvalue weighted by Gasteiger charge is 2.37. The van der Waals surface area contributed by atoms with E-state index in [0.717, 1.165) is 41.5 Å². The average molecular weight is 342 g/mol. The van der Waals surface area contributed by atoms with E-state index in [1.807, 2.05) is 15.7 Å². The number of rotatable bonds is 4. The standard InChI is InChI=1S/C14H17BrFN3O/c15-13-11-3-4-19(10-1-2-10)14(20)12(11)8-18(13)7-9(5-16)6-17/h5,8,10H,1-4,6-7,17H2/b9-5+. The number of hydrogen-bond acceptors (Lipinski definition) is 2. The summed E-state index contributed by atoms with van der Waals surface area (Å²) < 4.78 is 15.4. The molecule has 1 aromatic heterocycles. The molecule has 1 amide bonds. The van der Waals surface area contributed by atoms with Crippen LogP contribution >= 0.6 is 15.9 Å². The summed E-state index contributed by atoms with van der Waals surface area (Å²) in [5.74, 6) is 0.103. The third-order valence-corrected chi connectivity index (χ3v) is 4.92. The monoisotopic (exact) mass is 341 g/mol. The Kier molecular flexibility index (Phi) is 3.69. The van der Waals surface area contributed by atoms with Gasteiger partial charge in [0, 0.05) is 31.9 Å². The van der Waals surface area contributed by atoms with E-state index in [1.165, 1.54) is 0 Å². The first-order valence-electron chi connectivity index (χ1n) is 6.82. The van der Waals surface area contributed by atoms with E-state index in [2.05, 4.69) is 15.9 Å². The third-order valence-electron chi connectivity index (χ3n) is 3.98. The molecule has 0 spiro atoms. The molecule has 1 fully saturated rings. The number of carbonyl (C=O) groups is 1. The van der Waals surface area contributed by atoms with Crippen LogP contribution in [0.2, 0.25) is 0 Å². The summed E-state index contributed by atoms with van der Waals surface area (Å²) in [6.45, 7) is 1.33. The Morgan fingerprint density at radius 1 is 1.55 bits per heavy atom. The lowest BCUT2D eigenvalue weighted by atomic mass is 10.0. The van der Waals surface area contributed by atoms with E-state index in [1.54, 1.807) is 0 Å². The largest absolute Gasteiger partial charge is 0.337 e. The fraction of sp³-hybridized carbons (Fsp3) is 0.500. The molecule has 2 aliphatic rings. The van der Waals surface area contributed by atoms with Crippen molar-refractivity contribution in [1.82, 2.24) is 9.47 Å². The number of fused-ring (bicyclic) bond motifs is 1. The number of carbonyl (C=O) groups excluding carboxylic acids is 1. The lowest BCUT2D eigenvalue weighted by Crippen LogP contribution is -2.38. The Morgan fingerprint density at radius 3 is 2.90 bits per heavy atom. The molecule has 6 heteroatoms. The fourth-order valence-corrected chi connectivity index (χ4v) is 3.34. The van der Waals surface area contributed by atoms with Gasteiger partial charge in [-0.3, -0.25) is 4.79 Å². The molecule has 0 saturated heterocycles. The van der Waals surface area contributed by atoms with Gasteiger partial charge in [0.2, 0.25) is 0 Å². The van der Waals surface area contributed by atoms with Gasteiger partial charge in [-0.05, 0) is 46.3 Å². The van der Waals surface area contributed by atoms with Gasteiger partial charge in [-0.1, -0.05) is 0 Å². The maximum atomic E-state index is 12.7. The predicted octanol–water partition coefficient (Wildman–Crippen LogP) is 2.22. The first-order valence-corrected chi connectivity index (χ1v) is 7.61. The Balaban J connectivity index is 1.89. The van der Waals surface area contributed by atoms with Crippen molar-refractivity contribution in [3.8, 4) is 0 Å². The number of halogens is 2. The van der Waals surface area contributed by atoms with Gasteiger partial charge in [-0.25, -0.2) is 4.39 Å². The molecule has 0 unspecified atom stereocenters. The van der Waals surface area contributed by atoms with Crippen molar-refractivity contribution >= 4 is 21.8 Å². The first-order chi connectivity index (χ1) is 9.65. The summed E-state index contributed by atoms with van der Waals surface area (Å²) in [6, 6.07) is 0.433. The summed E-state index contributed by atoms with van der Waals surface area (Å²) in [6.07, 6.45) is 5.44. The van der Waals surface area contributed by atoms with Gasteiger partial charge >= 0.3 is 0 Å². The molecular formula is C14H17BrFN3O. The van der Waals surface area contributed by atoms with Gasteiger partial charge in [0.05, 0.1) is 16.5 Å². The summed E-state index contributed by atoms with van der Waals surface area (Å²) in [5.41, 5.74) is 7.76. The molecule has 0 bridgehead atoms. The van der Waals surface area contributed by atoms with Crippen LogP contribution in [0.4, 0.5) is 4.39 Å². The van der Waals surface area contributed by atoms with Crippen molar-refractivity contribution in [2.45, 2.75) is 31.8 Å². The number of nitrogens with two attached hydrogens (primary N) is 1. The van der Waals surface area contributed by atoms with Crippen LogP contribution in [0.5, 0.6) is 0 Å². The Bertz CT molecular complexity index is 577. The minimum atomic E-state index is 0.103. The second-order valence-corrected chi connectivity index (χ2v) is 6.14. The van der Waals surface area contributed by atoms with Crippen LogP contribution < -0.4 is 5.73 Å². The third kappa shape index (κ3) is 2.31. The SMILES string of the molecule is NC/C(=C\F)Cn1cc2c(c1Br)CCN(C1CC1)C2=O. The van der Waals surface area contributed by atoms with Crippen molar-refractivity contribution in [3.05, 3.63) is 33.8 Å². The Morgan fingerprint density at radius 2 is 2.30 bits per heavy atom. The number of aromatic nitrogens is 1. The molecular weight excluding hydrogens is 325 g/mol. The maximum Gasteiger partial charge on any atom is 0.255 e. The van der Waals surface area contributed by atoms with E-state index < -0.39 is 0 Å². The van der Waals surface area contributed by atoms with Crippen LogP contribution in [0.1, 0.15) is 28.8 Å². The molecule has 1 aliphatic heterocycles. The summed E-state index contributed by atoms with van der Waals surface area (Å²) in [4.78, 5) is 14.4. The molecule has 1 saturated carbocycles. The first kappa shape index (κ1) is 13.8. The van der Waals surface area contributed by atoms with Gasteiger partial charge in [-0.2, -0.15) is 0 Å². The van der Waals surface area contributed by atoms with Crippen LogP contribution in [0.15, 0.2) is 22.7 Å². The van der Waals surface area contributed by atoms with Gasteiger partial charge in [0.1, 0.15) is 0 Å². The lowest BCUT2D eigenvalue weighted by molar-refractivity contribution is 0.0727. The second-order valence-electron chi connectivity index (χ2n) is 5.39. The fourth-order valence-electron chi connectivity index (χ4n) is 2.70. The smallest absolute Gasteiger partial charge is 0.255 e. The highest BCUT2D eigenvalue weighted by atomic mass is 79.9. The molecule has 108 valence electrons. The minimum absolute atomic E-state index is 0.103. The normalized spacial score (nSPS) is 19.4. The van der Waals surface area contributed by atoms with Crippen molar-refractivity contribution < 1.29 is 9.18 Å². The van der Waals surface area contributed by atoms with Crippen molar-refractivity contribution in [3.63, 3.8) is 0 Å². The molecule has 2 heterocycles. The van der Waals surface area contributed by atoms with Gasteiger partial charge in [0.25, 0.3) is 5.91 Å². The van der Waals surface area contributed by atoms with Crippen LogP contribution in [-0.4, -0.2) is 34.5 Å². The highest BCUT2D eigenvalue weighted by Crippen LogP contribution is 2.35. The molecule has 4 nitrogen and oxygen atoms in total. The van der Waals surface area contributed by atoms with Crippen molar-refractivity contribution in [1.29, 1.82) is 0 Å². The van der Waals surface area contributed by atoms with E-state index in [9.17, 15) is 9.18 Å². The van der Waals surface area contributed by atoms with Crippen molar-refractivity contribution in [2.75, 3.05) is 13.1 Å². The number of hydrogen-bond donors (Lipinski definition) is 1. The van der Waals surface area contributed by atoms with Gasteiger partial charge in [0.15, 0.2) is 0 Å². The summed E-state index contributed by atoms with van der Waals surface area (Å²) in [5, 5.41) is 0. The zero-order chi connectivity index (χ0) is 14.3. The quantitative estimate of drug-likeness (QED) is 0.912. The zero-order valence-electron chi connectivity index (χ0n) is 11.1. The van der Waals surface area contributed by atoms with Crippen LogP contribution in [0.3, 0.4) is 0 Å². The molecule has 1 aliphatic carbocycles.